The van der Waals surface area contributed by atoms with Crippen LogP contribution in [0.5, 0.6) is 5.75 Å². The van der Waals surface area contributed by atoms with Crippen molar-refractivity contribution >= 4 is 24.1 Å². The van der Waals surface area contributed by atoms with Crippen LogP contribution >= 0.6 is 0 Å². The van der Waals surface area contributed by atoms with Crippen LogP contribution in [0, 0.1) is 0 Å². The maximum atomic E-state index is 6.41. The first-order valence-corrected chi connectivity index (χ1v) is 6.98. The minimum Gasteiger partial charge on any atom is -0.459 e. The third kappa shape index (κ3) is 1.30. The molecule has 4 heterocycles. The summed E-state index contributed by atoms with van der Waals surface area (Å²) in [5, 5.41) is 2.25. The summed E-state index contributed by atoms with van der Waals surface area (Å²) in [5.74, 6) is 0.896. The highest BCUT2D eigenvalue weighted by atomic mass is 16.5. The Balaban J connectivity index is 1.82. The summed E-state index contributed by atoms with van der Waals surface area (Å²) in [6, 6.07) is 4.02. The number of nitrogens with zero attached hydrogens (tertiary/aromatic N) is 2. The fraction of sp³-hybridized carbons (Fsp3) is 0.0556. The fourth-order valence-electron chi connectivity index (χ4n) is 3.23. The quantitative estimate of drug-likeness (QED) is 0.720. The van der Waals surface area contributed by atoms with Crippen molar-refractivity contribution in [3.63, 3.8) is 0 Å². The van der Waals surface area contributed by atoms with Crippen LogP contribution in [0.25, 0.3) is 12.2 Å². The molecule has 1 aromatic rings. The van der Waals surface area contributed by atoms with E-state index < -0.39 is 5.72 Å². The van der Waals surface area contributed by atoms with Gasteiger partial charge >= 0.3 is 0 Å². The molecule has 1 atom stereocenters. The van der Waals surface area contributed by atoms with Gasteiger partial charge < -0.3 is 9.64 Å². The van der Waals surface area contributed by atoms with Gasteiger partial charge in [0.15, 0.2) is 0 Å². The lowest BCUT2D eigenvalue weighted by Crippen LogP contribution is -2.53. The number of aliphatic imine (C=N–C) groups is 1. The number of allylic oxidation sites excluding steroid dienone is 4. The summed E-state index contributed by atoms with van der Waals surface area (Å²) in [7, 11) is 0. The fourth-order valence-corrected chi connectivity index (χ4v) is 3.23. The second-order valence-corrected chi connectivity index (χ2v) is 5.37. The number of hydrogen-bond donors (Lipinski definition) is 0. The van der Waals surface area contributed by atoms with Gasteiger partial charge in [-0.05, 0) is 42.5 Å². The monoisotopic (exact) mass is 272 g/mol. The number of ether oxygens (including phenoxy) is 1. The molecule has 3 nitrogen and oxygen atoms in total. The molecule has 1 spiro atoms. The topological polar surface area (TPSA) is 24.8 Å². The molecule has 100 valence electrons. The average molecular weight is 272 g/mol. The molecule has 0 bridgehead atoms. The first-order valence-electron chi connectivity index (χ1n) is 6.98. The molecule has 5 rings (SSSR count). The lowest BCUT2D eigenvalue weighted by atomic mass is 9.92. The normalized spacial score (nSPS) is 25.9. The number of rotatable bonds is 0. The molecule has 0 aliphatic carbocycles. The number of benzene rings is 1. The maximum Gasteiger partial charge on any atom is 0.232 e. The zero-order valence-corrected chi connectivity index (χ0v) is 11.2. The van der Waals surface area contributed by atoms with Crippen molar-refractivity contribution in [2.45, 2.75) is 5.72 Å². The predicted molar refractivity (Wildman–Crippen MR) is 83.5 cm³/mol. The summed E-state index contributed by atoms with van der Waals surface area (Å²) in [5.41, 5.74) is 1.59. The van der Waals surface area contributed by atoms with E-state index in [1.54, 1.807) is 0 Å². The van der Waals surface area contributed by atoms with Crippen molar-refractivity contribution in [3.8, 4) is 5.75 Å². The van der Waals surface area contributed by atoms with Crippen LogP contribution in [0.3, 0.4) is 0 Å². The van der Waals surface area contributed by atoms with Crippen molar-refractivity contribution in [3.05, 3.63) is 70.9 Å². The van der Waals surface area contributed by atoms with Crippen LogP contribution in [0.1, 0.15) is 0 Å². The van der Waals surface area contributed by atoms with Crippen LogP contribution in [-0.4, -0.2) is 16.8 Å². The van der Waals surface area contributed by atoms with Gasteiger partial charge in [0.05, 0.1) is 5.69 Å². The highest BCUT2D eigenvalue weighted by Gasteiger charge is 2.42. The Labute approximate surface area is 121 Å². The Kier molecular flexibility index (Phi) is 1.89. The van der Waals surface area contributed by atoms with Crippen molar-refractivity contribution in [2.75, 3.05) is 0 Å². The van der Waals surface area contributed by atoms with Gasteiger partial charge in [0.1, 0.15) is 5.75 Å². The number of fused-ring (bicyclic) bond motifs is 3. The zero-order valence-electron chi connectivity index (χ0n) is 11.2. The second kappa shape index (κ2) is 3.64. The van der Waals surface area contributed by atoms with Gasteiger partial charge in [0.25, 0.3) is 0 Å². The Morgan fingerprint density at radius 2 is 1.95 bits per heavy atom. The third-order valence-corrected chi connectivity index (χ3v) is 4.24. The Morgan fingerprint density at radius 3 is 2.95 bits per heavy atom. The highest BCUT2D eigenvalue weighted by Crippen LogP contribution is 2.37. The van der Waals surface area contributed by atoms with Crippen molar-refractivity contribution in [2.24, 2.45) is 4.99 Å². The molecular formula is C18H12N2O. The summed E-state index contributed by atoms with van der Waals surface area (Å²) < 4.78 is 6.41. The molecule has 4 aliphatic rings. The Morgan fingerprint density at radius 1 is 1.00 bits per heavy atom. The average Bonchev–Trinajstić information content (AvgIpc) is 3.00. The predicted octanol–water partition coefficient (Wildman–Crippen LogP) is 1.89. The van der Waals surface area contributed by atoms with Crippen LogP contribution in [0.2, 0.25) is 0 Å². The van der Waals surface area contributed by atoms with Crippen LogP contribution in [-0.2, 0) is 0 Å². The summed E-state index contributed by atoms with van der Waals surface area (Å²) in [6.07, 6.45) is 20.5. The molecule has 0 aromatic heterocycles. The maximum absolute atomic E-state index is 6.41. The molecule has 0 saturated heterocycles. The van der Waals surface area contributed by atoms with E-state index in [-0.39, 0.29) is 0 Å². The molecule has 3 heteroatoms. The second-order valence-electron chi connectivity index (χ2n) is 5.37. The zero-order chi connectivity index (χ0) is 13.9. The summed E-state index contributed by atoms with van der Waals surface area (Å²) >= 11 is 0. The minimum atomic E-state index is -0.551. The first kappa shape index (κ1) is 10.9. The Bertz CT molecular complexity index is 931. The molecule has 4 aliphatic heterocycles. The molecule has 21 heavy (non-hydrogen) atoms. The molecule has 1 aromatic carbocycles. The highest BCUT2D eigenvalue weighted by molar-refractivity contribution is 5.97. The van der Waals surface area contributed by atoms with E-state index in [1.807, 2.05) is 55.1 Å². The largest absolute Gasteiger partial charge is 0.459 e. The molecule has 0 radical (unpaired) electrons. The van der Waals surface area contributed by atoms with Crippen molar-refractivity contribution < 1.29 is 4.74 Å². The van der Waals surface area contributed by atoms with Gasteiger partial charge in [-0.15, -0.1) is 0 Å². The molecular weight excluding hydrogens is 260 g/mol. The van der Waals surface area contributed by atoms with E-state index in [2.05, 4.69) is 28.1 Å². The van der Waals surface area contributed by atoms with Gasteiger partial charge in [-0.2, -0.15) is 0 Å². The van der Waals surface area contributed by atoms with Crippen LogP contribution in [0.15, 0.2) is 65.5 Å². The minimum absolute atomic E-state index is 0.551. The van der Waals surface area contributed by atoms with Crippen molar-refractivity contribution in [1.82, 2.24) is 4.90 Å². The van der Waals surface area contributed by atoms with E-state index in [1.165, 1.54) is 0 Å². The number of hydrogen-bond acceptors (Lipinski definition) is 3. The molecule has 0 amide bonds. The lowest BCUT2D eigenvalue weighted by Gasteiger charge is -2.44. The molecule has 1 unspecified atom stereocenters. The Hall–Kier alpha value is -2.81. The first-order chi connectivity index (χ1) is 10.4. The van der Waals surface area contributed by atoms with E-state index in [0.717, 1.165) is 27.4 Å². The summed E-state index contributed by atoms with van der Waals surface area (Å²) in [6.45, 7) is 0. The van der Waals surface area contributed by atoms with E-state index in [9.17, 15) is 0 Å². The molecule has 0 N–H and O–H groups in total. The van der Waals surface area contributed by atoms with Crippen molar-refractivity contribution in [1.29, 1.82) is 0 Å². The van der Waals surface area contributed by atoms with Gasteiger partial charge in [-0.25, -0.2) is 0 Å². The standard InChI is InChI=1S/C18H12N2O/c1-2-10-20-11-3-4-13-12-15-14-7-9-19-16(14)5-6-17(15)21-18(13,20)8-1/h1-12H. The van der Waals surface area contributed by atoms with Gasteiger partial charge in [-0.3, -0.25) is 4.99 Å². The van der Waals surface area contributed by atoms with E-state index in [4.69, 9.17) is 4.74 Å². The van der Waals surface area contributed by atoms with Gasteiger partial charge in [-0.1, -0.05) is 12.2 Å². The van der Waals surface area contributed by atoms with Gasteiger partial charge in [0, 0.05) is 34.6 Å². The summed E-state index contributed by atoms with van der Waals surface area (Å²) in [4.78, 5) is 6.46. The van der Waals surface area contributed by atoms with E-state index in [0.29, 0.717) is 0 Å². The van der Waals surface area contributed by atoms with Crippen LogP contribution in [0.4, 0.5) is 5.69 Å². The molecule has 0 saturated carbocycles. The van der Waals surface area contributed by atoms with Gasteiger partial charge in [0.2, 0.25) is 5.72 Å². The SMILES string of the molecule is C1=CN2C=CC=C3C=c4c(ccc5c4=CC=N5)OC32C=C1. The third-order valence-electron chi connectivity index (χ3n) is 4.24. The molecule has 0 fully saturated rings. The smallest absolute Gasteiger partial charge is 0.232 e. The van der Waals surface area contributed by atoms with Crippen LogP contribution < -0.4 is 15.2 Å². The van der Waals surface area contributed by atoms with E-state index >= 15 is 0 Å². The lowest BCUT2D eigenvalue weighted by molar-refractivity contribution is 0.0456.